The van der Waals surface area contributed by atoms with Crippen molar-refractivity contribution < 1.29 is 0 Å². The summed E-state index contributed by atoms with van der Waals surface area (Å²) in [5.74, 6) is 0.485. The molecule has 0 saturated heterocycles. The molecule has 0 aromatic heterocycles. The van der Waals surface area contributed by atoms with Crippen LogP contribution in [0.3, 0.4) is 0 Å². The molecule has 0 heterocycles. The molecule has 0 bridgehead atoms. The van der Waals surface area contributed by atoms with Crippen LogP contribution < -0.4 is 0 Å². The molecule has 1 aliphatic carbocycles. The molecule has 3 rings (SSSR count). The van der Waals surface area contributed by atoms with Crippen molar-refractivity contribution in [2.45, 2.75) is 40.5 Å². The molecule has 102 valence electrons. The van der Waals surface area contributed by atoms with Crippen LogP contribution in [-0.4, -0.2) is 0 Å². The molecule has 0 aliphatic heterocycles. The Hall–Kier alpha value is -1.82. The fourth-order valence-corrected chi connectivity index (χ4v) is 3.25. The maximum absolute atomic E-state index is 2.34. The van der Waals surface area contributed by atoms with E-state index in [9.17, 15) is 0 Å². The molecule has 20 heavy (non-hydrogen) atoms. The standard InChI is InChI=1S/C20H22/c1-12-7-9-18-19(10-12)16(5)14(3)15(4)17-8-6-13(2)11-20(17)18/h6-11,15H,1-5H3. The van der Waals surface area contributed by atoms with E-state index in [-0.39, 0.29) is 0 Å². The van der Waals surface area contributed by atoms with Crippen LogP contribution in [0.4, 0.5) is 0 Å². The second-order valence-electron chi connectivity index (χ2n) is 6.17. The van der Waals surface area contributed by atoms with Gasteiger partial charge in [0.25, 0.3) is 0 Å². The Kier molecular flexibility index (Phi) is 3.05. The summed E-state index contributed by atoms with van der Waals surface area (Å²) in [5, 5.41) is 0. The van der Waals surface area contributed by atoms with Gasteiger partial charge >= 0.3 is 0 Å². The van der Waals surface area contributed by atoms with Crippen molar-refractivity contribution >= 4 is 5.57 Å². The van der Waals surface area contributed by atoms with Gasteiger partial charge in [0.05, 0.1) is 0 Å². The Balaban J connectivity index is 2.42. The lowest BCUT2D eigenvalue weighted by molar-refractivity contribution is 0.901. The van der Waals surface area contributed by atoms with E-state index in [4.69, 9.17) is 0 Å². The van der Waals surface area contributed by atoms with Gasteiger partial charge < -0.3 is 0 Å². The van der Waals surface area contributed by atoms with E-state index >= 15 is 0 Å². The normalized spacial score (nSPS) is 17.6. The average molecular weight is 262 g/mol. The predicted octanol–water partition coefficient (Wildman–Crippen LogP) is 5.88. The summed E-state index contributed by atoms with van der Waals surface area (Å²) in [7, 11) is 0. The van der Waals surface area contributed by atoms with Crippen LogP contribution in [0, 0.1) is 13.8 Å². The van der Waals surface area contributed by atoms with Crippen molar-refractivity contribution in [2.24, 2.45) is 0 Å². The Labute approximate surface area is 122 Å². The topological polar surface area (TPSA) is 0 Å². The van der Waals surface area contributed by atoms with Crippen LogP contribution >= 0.6 is 0 Å². The first-order chi connectivity index (χ1) is 9.49. The van der Waals surface area contributed by atoms with Crippen LogP contribution in [-0.2, 0) is 0 Å². The van der Waals surface area contributed by atoms with Crippen molar-refractivity contribution in [3.63, 3.8) is 0 Å². The smallest absolute Gasteiger partial charge is 0.00291 e. The van der Waals surface area contributed by atoms with Crippen LogP contribution in [0.25, 0.3) is 16.7 Å². The van der Waals surface area contributed by atoms with Crippen LogP contribution in [0.2, 0.25) is 0 Å². The number of benzene rings is 2. The number of hydrogen-bond donors (Lipinski definition) is 0. The molecule has 0 nitrogen and oxygen atoms in total. The highest BCUT2D eigenvalue weighted by Crippen LogP contribution is 2.43. The molecule has 1 atom stereocenters. The van der Waals surface area contributed by atoms with E-state index in [1.54, 1.807) is 0 Å². The average Bonchev–Trinajstić information content (AvgIpc) is 2.50. The fourth-order valence-electron chi connectivity index (χ4n) is 3.25. The van der Waals surface area contributed by atoms with Crippen molar-refractivity contribution in [3.05, 3.63) is 64.2 Å². The molecular weight excluding hydrogens is 240 g/mol. The lowest BCUT2D eigenvalue weighted by Gasteiger charge is -2.16. The largest absolute Gasteiger partial charge is 0.0625 e. The number of rotatable bonds is 0. The summed E-state index contributed by atoms with van der Waals surface area (Å²) in [6.07, 6.45) is 0. The van der Waals surface area contributed by atoms with Crippen LogP contribution in [0.15, 0.2) is 42.0 Å². The predicted molar refractivity (Wildman–Crippen MR) is 88.0 cm³/mol. The van der Waals surface area contributed by atoms with E-state index in [1.165, 1.54) is 44.5 Å². The first-order valence-corrected chi connectivity index (χ1v) is 7.38. The molecule has 0 N–H and O–H groups in total. The van der Waals surface area contributed by atoms with Gasteiger partial charge in [0.15, 0.2) is 0 Å². The Morgan fingerprint density at radius 3 is 2.00 bits per heavy atom. The van der Waals surface area contributed by atoms with Crippen LogP contribution in [0.1, 0.15) is 48.9 Å². The molecule has 0 spiro atoms. The highest BCUT2D eigenvalue weighted by Gasteiger charge is 2.22. The molecular formula is C20H22. The third-order valence-electron chi connectivity index (χ3n) is 4.79. The van der Waals surface area contributed by atoms with E-state index in [0.29, 0.717) is 5.92 Å². The first kappa shape index (κ1) is 13.2. The van der Waals surface area contributed by atoms with E-state index in [2.05, 4.69) is 71.0 Å². The zero-order valence-corrected chi connectivity index (χ0v) is 13.0. The van der Waals surface area contributed by atoms with Gasteiger partial charge in [-0.1, -0.05) is 60.0 Å². The quantitative estimate of drug-likeness (QED) is 0.556. The van der Waals surface area contributed by atoms with Gasteiger partial charge in [-0.2, -0.15) is 0 Å². The maximum atomic E-state index is 2.34. The van der Waals surface area contributed by atoms with Gasteiger partial charge in [0, 0.05) is 5.92 Å². The molecule has 1 unspecified atom stereocenters. The Morgan fingerprint density at radius 1 is 0.700 bits per heavy atom. The molecule has 2 aromatic carbocycles. The lowest BCUT2D eigenvalue weighted by atomic mass is 9.88. The highest BCUT2D eigenvalue weighted by atomic mass is 14.3. The fraction of sp³-hybridized carbons (Fsp3) is 0.300. The minimum absolute atomic E-state index is 0.485. The summed E-state index contributed by atoms with van der Waals surface area (Å²) >= 11 is 0. The van der Waals surface area contributed by atoms with Gasteiger partial charge in [-0.25, -0.2) is 0 Å². The maximum Gasteiger partial charge on any atom is 0.00291 e. The summed E-state index contributed by atoms with van der Waals surface area (Å²) in [5.41, 5.74) is 11.2. The third kappa shape index (κ3) is 1.91. The van der Waals surface area contributed by atoms with Crippen LogP contribution in [0.5, 0.6) is 0 Å². The summed E-state index contributed by atoms with van der Waals surface area (Å²) < 4.78 is 0. The molecule has 1 aliphatic rings. The zero-order chi connectivity index (χ0) is 14.4. The minimum atomic E-state index is 0.485. The van der Waals surface area contributed by atoms with Crippen molar-refractivity contribution in [2.75, 3.05) is 0 Å². The monoisotopic (exact) mass is 262 g/mol. The summed E-state index contributed by atoms with van der Waals surface area (Å²) in [6.45, 7) is 11.2. The molecule has 0 radical (unpaired) electrons. The number of fused-ring (bicyclic) bond motifs is 3. The third-order valence-corrected chi connectivity index (χ3v) is 4.79. The molecule has 0 fully saturated rings. The van der Waals surface area contributed by atoms with Crippen molar-refractivity contribution in [1.82, 2.24) is 0 Å². The number of hydrogen-bond acceptors (Lipinski definition) is 0. The lowest BCUT2D eigenvalue weighted by Crippen LogP contribution is -1.97. The van der Waals surface area contributed by atoms with E-state index in [1.807, 2.05) is 0 Å². The highest BCUT2D eigenvalue weighted by molar-refractivity contribution is 5.87. The summed E-state index contributed by atoms with van der Waals surface area (Å²) in [4.78, 5) is 0. The first-order valence-electron chi connectivity index (χ1n) is 7.38. The van der Waals surface area contributed by atoms with Gasteiger partial charge in [-0.3, -0.25) is 0 Å². The molecule has 0 amide bonds. The second kappa shape index (κ2) is 4.63. The Bertz CT molecular complexity index is 717. The second-order valence-corrected chi connectivity index (χ2v) is 6.17. The van der Waals surface area contributed by atoms with Gasteiger partial charge in [0.2, 0.25) is 0 Å². The van der Waals surface area contributed by atoms with E-state index < -0.39 is 0 Å². The SMILES string of the molecule is CC1=C(C)C(C)c2ccc(C)cc2-c2ccc(C)cc21. The molecule has 2 aromatic rings. The number of allylic oxidation sites excluding steroid dienone is 2. The van der Waals surface area contributed by atoms with Gasteiger partial charge in [0.1, 0.15) is 0 Å². The van der Waals surface area contributed by atoms with Gasteiger partial charge in [-0.15, -0.1) is 0 Å². The Morgan fingerprint density at radius 2 is 1.30 bits per heavy atom. The number of aryl methyl sites for hydroxylation is 2. The summed E-state index contributed by atoms with van der Waals surface area (Å²) in [6, 6.07) is 13.7. The molecule has 0 heteroatoms. The molecule has 0 saturated carbocycles. The zero-order valence-electron chi connectivity index (χ0n) is 13.0. The van der Waals surface area contributed by atoms with Crippen molar-refractivity contribution in [3.8, 4) is 11.1 Å². The minimum Gasteiger partial charge on any atom is -0.0625 e. The van der Waals surface area contributed by atoms with Crippen molar-refractivity contribution in [1.29, 1.82) is 0 Å². The van der Waals surface area contributed by atoms with Gasteiger partial charge in [-0.05, 0) is 55.5 Å². The van der Waals surface area contributed by atoms with E-state index in [0.717, 1.165) is 0 Å².